The fourth-order valence-electron chi connectivity index (χ4n) is 2.74. The SMILES string of the molecule is NCC1CCCN(Cc2nc(-c3cccc(Cl)c3)no2)C1. The van der Waals surface area contributed by atoms with Gasteiger partial charge >= 0.3 is 0 Å². The maximum absolute atomic E-state index is 5.98. The summed E-state index contributed by atoms with van der Waals surface area (Å²) in [6, 6.07) is 7.46. The topological polar surface area (TPSA) is 68.2 Å². The van der Waals surface area contributed by atoms with E-state index < -0.39 is 0 Å². The third-order valence-corrected chi connectivity index (χ3v) is 4.08. The van der Waals surface area contributed by atoms with Gasteiger partial charge in [0, 0.05) is 17.1 Å². The summed E-state index contributed by atoms with van der Waals surface area (Å²) in [6.07, 6.45) is 2.39. The average Bonchev–Trinajstić information content (AvgIpc) is 2.96. The Bertz CT molecular complexity index is 601. The predicted molar refractivity (Wildman–Crippen MR) is 81.8 cm³/mol. The molecular weight excluding hydrogens is 288 g/mol. The molecule has 2 N–H and O–H groups in total. The lowest BCUT2D eigenvalue weighted by atomic mass is 9.98. The molecule has 1 aromatic heterocycles. The lowest BCUT2D eigenvalue weighted by molar-refractivity contribution is 0.153. The molecule has 1 aliphatic rings. The summed E-state index contributed by atoms with van der Waals surface area (Å²) in [7, 11) is 0. The molecule has 1 aliphatic heterocycles. The quantitative estimate of drug-likeness (QED) is 0.940. The van der Waals surface area contributed by atoms with Gasteiger partial charge in [-0.05, 0) is 44.0 Å². The van der Waals surface area contributed by atoms with Crippen molar-refractivity contribution >= 4 is 11.6 Å². The van der Waals surface area contributed by atoms with Crippen molar-refractivity contribution in [3.63, 3.8) is 0 Å². The van der Waals surface area contributed by atoms with Crippen LogP contribution in [-0.4, -0.2) is 34.7 Å². The van der Waals surface area contributed by atoms with Crippen LogP contribution in [0.4, 0.5) is 0 Å². The van der Waals surface area contributed by atoms with E-state index in [1.54, 1.807) is 0 Å². The number of nitrogens with two attached hydrogens (primary N) is 1. The second-order valence-electron chi connectivity index (χ2n) is 5.50. The Kier molecular flexibility index (Phi) is 4.53. The molecule has 1 unspecified atom stereocenters. The molecular formula is C15H19ClN4O. The van der Waals surface area contributed by atoms with Gasteiger partial charge in [0.1, 0.15) is 0 Å². The highest BCUT2D eigenvalue weighted by molar-refractivity contribution is 6.30. The number of hydrogen-bond donors (Lipinski definition) is 1. The van der Waals surface area contributed by atoms with Crippen molar-refractivity contribution in [3.05, 3.63) is 35.2 Å². The summed E-state index contributed by atoms with van der Waals surface area (Å²) in [5.41, 5.74) is 6.63. The fraction of sp³-hybridized carbons (Fsp3) is 0.467. The van der Waals surface area contributed by atoms with Gasteiger partial charge in [0.25, 0.3) is 0 Å². The number of aromatic nitrogens is 2. The summed E-state index contributed by atoms with van der Waals surface area (Å²) in [6.45, 7) is 3.49. The van der Waals surface area contributed by atoms with Crippen molar-refractivity contribution in [1.82, 2.24) is 15.0 Å². The normalized spacial score (nSPS) is 19.8. The largest absolute Gasteiger partial charge is 0.338 e. The molecule has 6 heteroatoms. The highest BCUT2D eigenvalue weighted by atomic mass is 35.5. The van der Waals surface area contributed by atoms with Gasteiger partial charge < -0.3 is 10.3 Å². The third kappa shape index (κ3) is 3.61. The summed E-state index contributed by atoms with van der Waals surface area (Å²) in [5, 5.41) is 4.70. The van der Waals surface area contributed by atoms with Crippen molar-refractivity contribution < 1.29 is 4.52 Å². The van der Waals surface area contributed by atoms with Crippen LogP contribution < -0.4 is 5.73 Å². The Labute approximate surface area is 129 Å². The second kappa shape index (κ2) is 6.56. The molecule has 21 heavy (non-hydrogen) atoms. The molecule has 0 bridgehead atoms. The van der Waals surface area contributed by atoms with Crippen LogP contribution in [-0.2, 0) is 6.54 Å². The van der Waals surface area contributed by atoms with E-state index >= 15 is 0 Å². The second-order valence-corrected chi connectivity index (χ2v) is 5.94. The first-order valence-corrected chi connectivity index (χ1v) is 7.63. The number of likely N-dealkylation sites (tertiary alicyclic amines) is 1. The van der Waals surface area contributed by atoms with Gasteiger partial charge in [-0.25, -0.2) is 0 Å². The summed E-state index contributed by atoms with van der Waals surface area (Å²) in [4.78, 5) is 6.79. The van der Waals surface area contributed by atoms with Crippen molar-refractivity contribution in [1.29, 1.82) is 0 Å². The van der Waals surface area contributed by atoms with Crippen molar-refractivity contribution in [2.75, 3.05) is 19.6 Å². The molecule has 0 spiro atoms. The number of hydrogen-bond acceptors (Lipinski definition) is 5. The van der Waals surface area contributed by atoms with Crippen LogP contribution in [0.15, 0.2) is 28.8 Å². The Morgan fingerprint density at radius 2 is 2.33 bits per heavy atom. The average molecular weight is 307 g/mol. The molecule has 0 saturated carbocycles. The van der Waals surface area contributed by atoms with Crippen LogP contribution in [0.3, 0.4) is 0 Å². The highest BCUT2D eigenvalue weighted by Gasteiger charge is 2.20. The van der Waals surface area contributed by atoms with E-state index in [1.165, 1.54) is 12.8 Å². The number of halogens is 1. The van der Waals surface area contributed by atoms with E-state index in [-0.39, 0.29) is 0 Å². The maximum atomic E-state index is 5.98. The third-order valence-electron chi connectivity index (χ3n) is 3.85. The standard InChI is InChI=1S/C15H19ClN4O/c16-13-5-1-4-12(7-13)15-18-14(21-19-15)10-20-6-2-3-11(8-17)9-20/h1,4-5,7,11H,2-3,6,8-10,17H2. The van der Waals surface area contributed by atoms with Gasteiger partial charge in [-0.2, -0.15) is 4.98 Å². The highest BCUT2D eigenvalue weighted by Crippen LogP contribution is 2.21. The molecule has 1 fully saturated rings. The summed E-state index contributed by atoms with van der Waals surface area (Å²) >= 11 is 5.98. The molecule has 3 rings (SSSR count). The van der Waals surface area contributed by atoms with Gasteiger partial charge in [0.05, 0.1) is 6.54 Å². The predicted octanol–water partition coefficient (Wildman–Crippen LogP) is 2.56. The molecule has 1 aromatic carbocycles. The number of rotatable bonds is 4. The maximum Gasteiger partial charge on any atom is 0.241 e. The van der Waals surface area contributed by atoms with Crippen molar-refractivity contribution in [3.8, 4) is 11.4 Å². The van der Waals surface area contributed by atoms with Crippen molar-refractivity contribution in [2.45, 2.75) is 19.4 Å². The zero-order valence-electron chi connectivity index (χ0n) is 11.8. The van der Waals surface area contributed by atoms with Crippen LogP contribution >= 0.6 is 11.6 Å². The molecule has 2 aromatic rings. The van der Waals surface area contributed by atoms with E-state index in [4.69, 9.17) is 21.9 Å². The van der Waals surface area contributed by atoms with E-state index in [0.29, 0.717) is 29.2 Å². The molecule has 1 saturated heterocycles. The van der Waals surface area contributed by atoms with E-state index in [2.05, 4.69) is 15.0 Å². The number of benzene rings is 1. The first-order valence-electron chi connectivity index (χ1n) is 7.25. The summed E-state index contributed by atoms with van der Waals surface area (Å²) in [5.74, 6) is 1.80. The van der Waals surface area contributed by atoms with Gasteiger partial charge in [-0.1, -0.05) is 28.9 Å². The minimum Gasteiger partial charge on any atom is -0.338 e. The molecule has 1 atom stereocenters. The molecule has 0 amide bonds. The van der Waals surface area contributed by atoms with E-state index in [0.717, 1.165) is 25.2 Å². The van der Waals surface area contributed by atoms with Gasteiger partial charge in [0.2, 0.25) is 11.7 Å². The monoisotopic (exact) mass is 306 g/mol. The van der Waals surface area contributed by atoms with Crippen LogP contribution in [0.2, 0.25) is 5.02 Å². The van der Waals surface area contributed by atoms with Crippen LogP contribution in [0, 0.1) is 5.92 Å². The summed E-state index contributed by atoms with van der Waals surface area (Å²) < 4.78 is 5.35. The first-order chi connectivity index (χ1) is 10.2. The van der Waals surface area contributed by atoms with Gasteiger partial charge in [0.15, 0.2) is 0 Å². The lowest BCUT2D eigenvalue weighted by Crippen LogP contribution is -2.37. The first kappa shape index (κ1) is 14.5. The van der Waals surface area contributed by atoms with Crippen LogP contribution in [0.5, 0.6) is 0 Å². The minimum absolute atomic E-state index is 0.578. The lowest BCUT2D eigenvalue weighted by Gasteiger charge is -2.30. The Morgan fingerprint density at radius 3 is 3.14 bits per heavy atom. The Morgan fingerprint density at radius 1 is 1.43 bits per heavy atom. The van der Waals surface area contributed by atoms with Crippen LogP contribution in [0.25, 0.3) is 11.4 Å². The Hall–Kier alpha value is -1.43. The van der Waals surface area contributed by atoms with Crippen LogP contribution in [0.1, 0.15) is 18.7 Å². The minimum atomic E-state index is 0.578. The van der Waals surface area contributed by atoms with Gasteiger partial charge in [-0.3, -0.25) is 4.90 Å². The molecule has 0 aliphatic carbocycles. The zero-order chi connectivity index (χ0) is 14.7. The van der Waals surface area contributed by atoms with Gasteiger partial charge in [-0.15, -0.1) is 0 Å². The molecule has 0 radical (unpaired) electrons. The molecule has 5 nitrogen and oxygen atoms in total. The smallest absolute Gasteiger partial charge is 0.241 e. The number of nitrogens with zero attached hydrogens (tertiary/aromatic N) is 3. The zero-order valence-corrected chi connectivity index (χ0v) is 12.6. The molecule has 112 valence electrons. The van der Waals surface area contributed by atoms with E-state index in [9.17, 15) is 0 Å². The van der Waals surface area contributed by atoms with Crippen molar-refractivity contribution in [2.24, 2.45) is 11.7 Å². The fourth-order valence-corrected chi connectivity index (χ4v) is 2.93. The molecule has 2 heterocycles. The Balaban J connectivity index is 1.68. The van der Waals surface area contributed by atoms with E-state index in [1.807, 2.05) is 24.3 Å². The number of piperidine rings is 1.